The Morgan fingerprint density at radius 1 is 0.958 bits per heavy atom. The molecule has 0 bridgehead atoms. The minimum absolute atomic E-state index is 0.0649. The third-order valence-electron chi connectivity index (χ3n) is 4.53. The van der Waals surface area contributed by atoms with Crippen molar-refractivity contribution in [1.82, 2.24) is 0 Å². The average Bonchev–Trinajstić information content (AvgIpc) is 2.56. The van der Waals surface area contributed by atoms with E-state index in [9.17, 15) is 0 Å². The molecule has 2 aromatic carbocycles. The van der Waals surface area contributed by atoms with Crippen molar-refractivity contribution < 1.29 is 4.74 Å². The predicted octanol–water partition coefficient (Wildman–Crippen LogP) is 5.98. The van der Waals surface area contributed by atoms with Gasteiger partial charge in [-0.2, -0.15) is 0 Å². The van der Waals surface area contributed by atoms with E-state index in [1.807, 2.05) is 11.8 Å². The van der Waals surface area contributed by atoms with Crippen LogP contribution in [0.5, 0.6) is 0 Å². The van der Waals surface area contributed by atoms with E-state index < -0.39 is 0 Å². The van der Waals surface area contributed by atoms with E-state index in [0.717, 1.165) is 5.92 Å². The molecule has 0 heterocycles. The lowest BCUT2D eigenvalue weighted by atomic mass is 9.77. The van der Waals surface area contributed by atoms with Gasteiger partial charge in [0.05, 0.1) is 11.7 Å². The molecule has 1 saturated carbocycles. The van der Waals surface area contributed by atoms with E-state index in [0.29, 0.717) is 11.4 Å². The number of rotatable bonds is 6. The minimum atomic E-state index is -0.0649. The monoisotopic (exact) mass is 340 g/mol. The normalized spacial score (nSPS) is 23.7. The van der Waals surface area contributed by atoms with Gasteiger partial charge in [0, 0.05) is 10.1 Å². The van der Waals surface area contributed by atoms with Crippen molar-refractivity contribution in [2.24, 2.45) is 5.92 Å². The molecule has 1 nitrogen and oxygen atoms in total. The second kappa shape index (κ2) is 7.76. The molecule has 3 atom stereocenters. The van der Waals surface area contributed by atoms with Crippen LogP contribution in [0.3, 0.4) is 0 Å². The van der Waals surface area contributed by atoms with Crippen molar-refractivity contribution in [2.45, 2.75) is 61.9 Å². The van der Waals surface area contributed by atoms with Gasteiger partial charge in [0.25, 0.3) is 0 Å². The highest BCUT2D eigenvalue weighted by Gasteiger charge is 2.43. The van der Waals surface area contributed by atoms with Gasteiger partial charge in [-0.15, -0.1) is 11.8 Å². The Morgan fingerprint density at radius 2 is 1.58 bits per heavy atom. The van der Waals surface area contributed by atoms with Crippen molar-refractivity contribution in [2.75, 3.05) is 0 Å². The zero-order chi connectivity index (χ0) is 17.0. The molecule has 0 unspecified atom stereocenters. The lowest BCUT2D eigenvalue weighted by Gasteiger charge is -2.46. The largest absolute Gasteiger partial charge is 0.371 e. The number of aryl methyl sites for hydroxylation is 1. The summed E-state index contributed by atoms with van der Waals surface area (Å²) in [6.07, 6.45) is 3.98. The summed E-state index contributed by atoms with van der Waals surface area (Å²) in [4.78, 5) is 1.36. The van der Waals surface area contributed by atoms with Crippen molar-refractivity contribution >= 4 is 11.8 Å². The van der Waals surface area contributed by atoms with Crippen LogP contribution >= 0.6 is 11.8 Å². The van der Waals surface area contributed by atoms with Crippen LogP contribution in [-0.2, 0) is 11.2 Å². The molecule has 24 heavy (non-hydrogen) atoms. The van der Waals surface area contributed by atoms with Gasteiger partial charge in [0.2, 0.25) is 0 Å². The SMILES string of the molecule is CC(C)(C)O[C@H]1C[C@@H](CCc2ccccc2)[C@@H]1Sc1ccccc1. The average molecular weight is 341 g/mol. The summed E-state index contributed by atoms with van der Waals surface area (Å²) in [5.41, 5.74) is 1.38. The molecular weight excluding hydrogens is 312 g/mol. The number of hydrogen-bond acceptors (Lipinski definition) is 2. The van der Waals surface area contributed by atoms with Gasteiger partial charge in [0.15, 0.2) is 0 Å². The van der Waals surface area contributed by atoms with Gasteiger partial charge in [-0.1, -0.05) is 48.5 Å². The Labute approximate surface area is 150 Å². The number of thioether (sulfide) groups is 1. The summed E-state index contributed by atoms with van der Waals surface area (Å²) < 4.78 is 6.32. The number of benzene rings is 2. The second-order valence-corrected chi connectivity index (χ2v) is 8.94. The molecule has 128 valence electrons. The van der Waals surface area contributed by atoms with Crippen molar-refractivity contribution in [1.29, 1.82) is 0 Å². The highest BCUT2D eigenvalue weighted by molar-refractivity contribution is 8.00. The van der Waals surface area contributed by atoms with E-state index in [4.69, 9.17) is 4.74 Å². The smallest absolute Gasteiger partial charge is 0.0710 e. The van der Waals surface area contributed by atoms with Gasteiger partial charge < -0.3 is 4.74 Å². The van der Waals surface area contributed by atoms with Crippen molar-refractivity contribution in [3.8, 4) is 0 Å². The molecule has 2 heteroatoms. The maximum Gasteiger partial charge on any atom is 0.0710 e. The first-order valence-corrected chi connectivity index (χ1v) is 9.83. The van der Waals surface area contributed by atoms with Gasteiger partial charge >= 0.3 is 0 Å². The minimum Gasteiger partial charge on any atom is -0.371 e. The molecule has 0 saturated heterocycles. The van der Waals surface area contributed by atoms with E-state index >= 15 is 0 Å². The predicted molar refractivity (Wildman–Crippen MR) is 104 cm³/mol. The maximum absolute atomic E-state index is 6.32. The van der Waals surface area contributed by atoms with E-state index in [2.05, 4.69) is 81.4 Å². The molecule has 0 aromatic heterocycles. The summed E-state index contributed by atoms with van der Waals surface area (Å²) in [6, 6.07) is 21.6. The fourth-order valence-electron chi connectivity index (χ4n) is 3.35. The van der Waals surface area contributed by atoms with Crippen LogP contribution in [-0.4, -0.2) is 17.0 Å². The summed E-state index contributed by atoms with van der Waals surface area (Å²) in [5.74, 6) is 0.739. The van der Waals surface area contributed by atoms with Crippen molar-refractivity contribution in [3.05, 3.63) is 66.2 Å². The lowest BCUT2D eigenvalue weighted by Crippen LogP contribution is -2.49. The quantitative estimate of drug-likeness (QED) is 0.639. The van der Waals surface area contributed by atoms with Crippen LogP contribution in [0.15, 0.2) is 65.6 Å². The van der Waals surface area contributed by atoms with Crippen LogP contribution in [0.4, 0.5) is 0 Å². The lowest BCUT2D eigenvalue weighted by molar-refractivity contribution is -0.107. The van der Waals surface area contributed by atoms with E-state index in [1.54, 1.807) is 0 Å². The van der Waals surface area contributed by atoms with Crippen LogP contribution < -0.4 is 0 Å². The Morgan fingerprint density at radius 3 is 2.21 bits per heavy atom. The fraction of sp³-hybridized carbons (Fsp3) is 0.455. The standard InChI is InChI=1S/C22H28OS/c1-22(2,3)23-20-16-18(15-14-17-10-6-4-7-11-17)21(20)24-19-12-8-5-9-13-19/h4-13,18,20-21H,14-16H2,1-3H3/t18-,20+,21+/m1/s1. The van der Waals surface area contributed by atoms with E-state index in [1.165, 1.54) is 29.7 Å². The van der Waals surface area contributed by atoms with Gasteiger partial charge in [-0.05, 0) is 63.6 Å². The van der Waals surface area contributed by atoms with Crippen LogP contribution in [0.25, 0.3) is 0 Å². The Balaban J connectivity index is 1.62. The third kappa shape index (κ3) is 4.87. The number of hydrogen-bond donors (Lipinski definition) is 0. The highest BCUT2D eigenvalue weighted by Crippen LogP contribution is 2.46. The van der Waals surface area contributed by atoms with Crippen LogP contribution in [0.2, 0.25) is 0 Å². The summed E-state index contributed by atoms with van der Waals surface area (Å²) >= 11 is 2.00. The second-order valence-electron chi connectivity index (χ2n) is 7.68. The molecular formula is C22H28OS. The third-order valence-corrected chi connectivity index (χ3v) is 6.04. The first kappa shape index (κ1) is 17.6. The number of ether oxygens (including phenoxy) is 1. The molecule has 0 aliphatic heterocycles. The molecule has 3 rings (SSSR count). The van der Waals surface area contributed by atoms with Crippen molar-refractivity contribution in [3.63, 3.8) is 0 Å². The molecule has 1 aliphatic carbocycles. The first-order chi connectivity index (χ1) is 11.5. The Hall–Kier alpha value is -1.25. The first-order valence-electron chi connectivity index (χ1n) is 8.95. The highest BCUT2D eigenvalue weighted by atomic mass is 32.2. The zero-order valence-corrected chi connectivity index (χ0v) is 15.8. The maximum atomic E-state index is 6.32. The topological polar surface area (TPSA) is 9.23 Å². The molecule has 1 fully saturated rings. The molecule has 0 N–H and O–H groups in total. The van der Waals surface area contributed by atoms with Crippen LogP contribution in [0, 0.1) is 5.92 Å². The summed E-state index contributed by atoms with van der Waals surface area (Å²) in [7, 11) is 0. The molecule has 0 amide bonds. The van der Waals surface area contributed by atoms with Gasteiger partial charge in [-0.3, -0.25) is 0 Å². The van der Waals surface area contributed by atoms with Gasteiger partial charge in [-0.25, -0.2) is 0 Å². The van der Waals surface area contributed by atoms with Gasteiger partial charge in [0.1, 0.15) is 0 Å². The summed E-state index contributed by atoms with van der Waals surface area (Å²) in [6.45, 7) is 6.48. The molecule has 1 aliphatic rings. The molecule has 0 spiro atoms. The Bertz CT molecular complexity index is 617. The van der Waals surface area contributed by atoms with Crippen LogP contribution in [0.1, 0.15) is 39.2 Å². The molecule has 0 radical (unpaired) electrons. The summed E-state index contributed by atoms with van der Waals surface area (Å²) in [5, 5.41) is 0.565. The van der Waals surface area contributed by atoms with E-state index in [-0.39, 0.29) is 5.60 Å². The molecule has 2 aromatic rings. The zero-order valence-electron chi connectivity index (χ0n) is 14.9. The Kier molecular flexibility index (Phi) is 5.68. The fourth-order valence-corrected chi connectivity index (χ4v) is 4.74.